The zero-order valence-electron chi connectivity index (χ0n) is 20.1. The number of sulfonamides is 1. The lowest BCUT2D eigenvalue weighted by atomic mass is 10.0. The molecule has 0 spiro atoms. The number of halogens is 1. The summed E-state index contributed by atoms with van der Waals surface area (Å²) >= 11 is 6.24. The summed E-state index contributed by atoms with van der Waals surface area (Å²) in [6.07, 6.45) is -0.0286. The van der Waals surface area contributed by atoms with Gasteiger partial charge in [0.2, 0.25) is 10.0 Å². The second kappa shape index (κ2) is 11.2. The van der Waals surface area contributed by atoms with Gasteiger partial charge in [-0.2, -0.15) is 4.72 Å². The topological polar surface area (TPSA) is 97.6 Å². The zero-order valence-corrected chi connectivity index (χ0v) is 21.7. The fourth-order valence-electron chi connectivity index (χ4n) is 3.93. The number of ether oxygens (including phenoxy) is 1. The second-order valence-electron chi connectivity index (χ2n) is 8.63. The molecule has 1 atom stereocenters. The number of carboxylic acids is 1. The lowest BCUT2D eigenvalue weighted by Gasteiger charge is -2.16. The smallest absolute Gasteiger partial charge is 0.322 e. The fraction of sp³-hybridized carbons (Fsp3) is 0.346. The molecule has 0 radical (unpaired) electrons. The summed E-state index contributed by atoms with van der Waals surface area (Å²) in [6, 6.07) is 9.89. The highest BCUT2D eigenvalue weighted by Crippen LogP contribution is 2.30. The molecule has 0 saturated heterocycles. The minimum atomic E-state index is -4.10. The first-order valence-electron chi connectivity index (χ1n) is 11.2. The van der Waals surface area contributed by atoms with E-state index in [1.54, 1.807) is 19.1 Å². The Labute approximate surface area is 211 Å². The molecular weight excluding hydrogens is 488 g/mol. The van der Waals surface area contributed by atoms with Crippen LogP contribution in [0.4, 0.5) is 0 Å². The molecular formula is C26H29ClN2O5S. The summed E-state index contributed by atoms with van der Waals surface area (Å²) in [5.74, 6) is 5.03. The number of rotatable bonds is 10. The van der Waals surface area contributed by atoms with Gasteiger partial charge in [0.05, 0.1) is 4.90 Å². The van der Waals surface area contributed by atoms with Gasteiger partial charge in [0.15, 0.2) is 0 Å². The van der Waals surface area contributed by atoms with Crippen molar-refractivity contribution in [3.63, 3.8) is 0 Å². The van der Waals surface area contributed by atoms with Crippen LogP contribution in [-0.2, 0) is 27.8 Å². The number of benzene rings is 2. The van der Waals surface area contributed by atoms with E-state index in [2.05, 4.69) is 35.0 Å². The summed E-state index contributed by atoms with van der Waals surface area (Å²) < 4.78 is 35.9. The van der Waals surface area contributed by atoms with E-state index in [1.165, 1.54) is 24.3 Å². The van der Waals surface area contributed by atoms with E-state index >= 15 is 0 Å². The van der Waals surface area contributed by atoms with Gasteiger partial charge in [-0.3, -0.25) is 4.79 Å². The molecule has 7 nitrogen and oxygen atoms in total. The number of carbonyl (C=O) groups is 1. The highest BCUT2D eigenvalue weighted by Gasteiger charge is 2.28. The number of fused-ring (bicyclic) bond motifs is 1. The van der Waals surface area contributed by atoms with Crippen LogP contribution in [0.25, 0.3) is 10.9 Å². The molecule has 0 fully saturated rings. The van der Waals surface area contributed by atoms with Gasteiger partial charge in [0.1, 0.15) is 18.4 Å². The standard InChI is InChI=1S/C26H29ClN2O5S/c1-5-6-13-34-20-8-10-21(11-9-20)35(32,33)28-24(26(30)31)15-22-18(4)29(16-17(2)3)25-12-7-19(27)14-23(22)25/h7-12,14,17,24,28H,13,15-16H2,1-4H3,(H,30,31)/t24-/m0/s1. The Morgan fingerprint density at radius 2 is 1.89 bits per heavy atom. The third kappa shape index (κ3) is 6.37. The number of nitrogens with zero attached hydrogens (tertiary/aromatic N) is 1. The third-order valence-electron chi connectivity index (χ3n) is 5.59. The van der Waals surface area contributed by atoms with Gasteiger partial charge in [-0.25, -0.2) is 8.42 Å². The van der Waals surface area contributed by atoms with Crippen LogP contribution >= 0.6 is 11.6 Å². The van der Waals surface area contributed by atoms with Crippen molar-refractivity contribution in [1.29, 1.82) is 0 Å². The molecule has 0 bridgehead atoms. The van der Waals surface area contributed by atoms with Crippen molar-refractivity contribution in [2.45, 2.75) is 51.6 Å². The van der Waals surface area contributed by atoms with Crippen molar-refractivity contribution in [2.75, 3.05) is 6.61 Å². The van der Waals surface area contributed by atoms with Crippen molar-refractivity contribution in [2.24, 2.45) is 5.92 Å². The minimum absolute atomic E-state index is 0.0286. The zero-order chi connectivity index (χ0) is 25.8. The van der Waals surface area contributed by atoms with Crippen molar-refractivity contribution in [1.82, 2.24) is 9.29 Å². The molecule has 0 unspecified atom stereocenters. The summed E-state index contributed by atoms with van der Waals surface area (Å²) in [5, 5.41) is 11.2. The largest absolute Gasteiger partial charge is 0.481 e. The first kappa shape index (κ1) is 26.6. The quantitative estimate of drug-likeness (QED) is 0.383. The molecule has 3 rings (SSSR count). The van der Waals surface area contributed by atoms with E-state index < -0.39 is 22.0 Å². The maximum absolute atomic E-state index is 13.0. The van der Waals surface area contributed by atoms with E-state index in [-0.39, 0.29) is 17.9 Å². The number of aliphatic carboxylic acids is 1. The Hall–Kier alpha value is -2.99. The van der Waals surface area contributed by atoms with Gasteiger partial charge < -0.3 is 14.4 Å². The highest BCUT2D eigenvalue weighted by atomic mass is 35.5. The Morgan fingerprint density at radius 1 is 1.20 bits per heavy atom. The van der Waals surface area contributed by atoms with Crippen LogP contribution in [0.3, 0.4) is 0 Å². The summed E-state index contributed by atoms with van der Waals surface area (Å²) in [5.41, 5.74) is 2.57. The molecule has 1 aromatic heterocycles. The SMILES string of the molecule is CC#CCOc1ccc(S(=O)(=O)N[C@@H](Cc2c(C)n(CC(C)C)c3ccc(Cl)cc23)C(=O)O)cc1. The summed E-state index contributed by atoms with van der Waals surface area (Å²) in [6.45, 7) is 8.74. The van der Waals surface area contributed by atoms with Gasteiger partial charge in [-0.05, 0) is 67.8 Å². The molecule has 35 heavy (non-hydrogen) atoms. The average molecular weight is 517 g/mol. The monoisotopic (exact) mass is 516 g/mol. The van der Waals surface area contributed by atoms with Crippen molar-refractivity contribution < 1.29 is 23.1 Å². The first-order valence-corrected chi connectivity index (χ1v) is 13.0. The molecule has 2 aromatic carbocycles. The van der Waals surface area contributed by atoms with Crippen molar-refractivity contribution in [3.05, 3.63) is 58.7 Å². The van der Waals surface area contributed by atoms with Crippen LogP contribution in [-0.4, -0.2) is 36.7 Å². The second-order valence-corrected chi connectivity index (χ2v) is 10.8. The Kier molecular flexibility index (Phi) is 8.49. The van der Waals surface area contributed by atoms with Crippen LogP contribution < -0.4 is 9.46 Å². The van der Waals surface area contributed by atoms with Crippen LogP contribution in [0.15, 0.2) is 47.4 Å². The fourth-order valence-corrected chi connectivity index (χ4v) is 5.29. The Balaban J connectivity index is 1.91. The van der Waals surface area contributed by atoms with E-state index in [4.69, 9.17) is 16.3 Å². The molecule has 0 amide bonds. The molecule has 0 aliphatic carbocycles. The van der Waals surface area contributed by atoms with Crippen LogP contribution in [0.1, 0.15) is 32.0 Å². The number of aromatic nitrogens is 1. The van der Waals surface area contributed by atoms with E-state index in [9.17, 15) is 18.3 Å². The molecule has 2 N–H and O–H groups in total. The van der Waals surface area contributed by atoms with Gasteiger partial charge in [-0.15, -0.1) is 5.92 Å². The van der Waals surface area contributed by atoms with Gasteiger partial charge in [-0.1, -0.05) is 31.4 Å². The van der Waals surface area contributed by atoms with Gasteiger partial charge in [0, 0.05) is 34.6 Å². The molecule has 0 aliphatic heterocycles. The maximum Gasteiger partial charge on any atom is 0.322 e. The predicted octanol–water partition coefficient (Wildman–Crippen LogP) is 4.64. The number of nitrogens with one attached hydrogen (secondary N) is 1. The molecule has 0 aliphatic rings. The summed E-state index contributed by atoms with van der Waals surface area (Å²) in [4.78, 5) is 12.1. The number of hydrogen-bond donors (Lipinski definition) is 2. The molecule has 1 heterocycles. The summed E-state index contributed by atoms with van der Waals surface area (Å²) in [7, 11) is -4.10. The Bertz CT molecular complexity index is 1380. The van der Waals surface area contributed by atoms with Crippen LogP contribution in [0.5, 0.6) is 5.75 Å². The van der Waals surface area contributed by atoms with Gasteiger partial charge in [0.25, 0.3) is 0 Å². The van der Waals surface area contributed by atoms with E-state index in [0.717, 1.165) is 28.7 Å². The molecule has 9 heteroatoms. The molecule has 186 valence electrons. The van der Waals surface area contributed by atoms with E-state index in [1.807, 2.05) is 13.0 Å². The lowest BCUT2D eigenvalue weighted by molar-refractivity contribution is -0.138. The van der Waals surface area contributed by atoms with E-state index in [0.29, 0.717) is 16.7 Å². The average Bonchev–Trinajstić information content (AvgIpc) is 3.03. The van der Waals surface area contributed by atoms with Crippen LogP contribution in [0.2, 0.25) is 5.02 Å². The number of carboxylic acid groups (broad SMARTS) is 1. The van der Waals surface area contributed by atoms with Gasteiger partial charge >= 0.3 is 5.97 Å². The highest BCUT2D eigenvalue weighted by molar-refractivity contribution is 7.89. The first-order chi connectivity index (χ1) is 16.5. The van der Waals surface area contributed by atoms with Crippen molar-refractivity contribution >= 4 is 38.5 Å². The minimum Gasteiger partial charge on any atom is -0.481 e. The molecule has 0 saturated carbocycles. The molecule has 3 aromatic rings. The van der Waals surface area contributed by atoms with Crippen LogP contribution in [0, 0.1) is 24.7 Å². The predicted molar refractivity (Wildman–Crippen MR) is 137 cm³/mol. The number of hydrogen-bond acceptors (Lipinski definition) is 4. The van der Waals surface area contributed by atoms with Crippen molar-refractivity contribution in [3.8, 4) is 17.6 Å². The Morgan fingerprint density at radius 3 is 2.49 bits per heavy atom. The third-order valence-corrected chi connectivity index (χ3v) is 7.31. The normalized spacial score (nSPS) is 12.4. The lowest BCUT2D eigenvalue weighted by Crippen LogP contribution is -2.42. The maximum atomic E-state index is 13.0.